The molecule has 1 aliphatic carbocycles. The number of nitrogens with two attached hydrogens (primary N) is 1. The third kappa shape index (κ3) is 2.97. The average Bonchev–Trinajstić information content (AvgIpc) is 2.47. The van der Waals surface area contributed by atoms with Gasteiger partial charge in [0.2, 0.25) is 5.91 Å². The summed E-state index contributed by atoms with van der Waals surface area (Å²) in [7, 11) is 0. The van der Waals surface area contributed by atoms with Gasteiger partial charge in [0, 0.05) is 29.2 Å². The lowest BCUT2D eigenvalue weighted by Gasteiger charge is -2.25. The van der Waals surface area contributed by atoms with Gasteiger partial charge >= 0.3 is 0 Å². The number of amides is 1. The third-order valence-electron chi connectivity index (χ3n) is 4.13. The van der Waals surface area contributed by atoms with Crippen molar-refractivity contribution in [2.45, 2.75) is 31.7 Å². The number of anilines is 1. The van der Waals surface area contributed by atoms with E-state index in [1.165, 1.54) is 0 Å². The van der Waals surface area contributed by atoms with Gasteiger partial charge in [0.25, 0.3) is 5.56 Å². The molecule has 0 spiro atoms. The highest BCUT2D eigenvalue weighted by atomic mass is 16.2. The smallest absolute Gasteiger partial charge is 0.255 e. The van der Waals surface area contributed by atoms with Gasteiger partial charge in [0.15, 0.2) is 0 Å². The van der Waals surface area contributed by atoms with Crippen LogP contribution in [0.2, 0.25) is 0 Å². The Bertz CT molecular complexity index is 723. The van der Waals surface area contributed by atoms with Crippen LogP contribution in [0.25, 0.3) is 10.8 Å². The quantitative estimate of drug-likeness (QED) is 0.788. The molecule has 0 saturated heterocycles. The predicted octanol–water partition coefficient (Wildman–Crippen LogP) is 1.98. The fraction of sp³-hybridized carbons (Fsp3) is 0.375. The Morgan fingerprint density at radius 3 is 2.95 bits per heavy atom. The maximum absolute atomic E-state index is 12.3. The summed E-state index contributed by atoms with van der Waals surface area (Å²) < 4.78 is 0. The molecule has 0 aliphatic heterocycles. The number of rotatable bonds is 2. The van der Waals surface area contributed by atoms with Crippen molar-refractivity contribution < 1.29 is 4.79 Å². The highest BCUT2D eigenvalue weighted by molar-refractivity contribution is 5.95. The summed E-state index contributed by atoms with van der Waals surface area (Å²) >= 11 is 0. The largest absolute Gasteiger partial charge is 0.329 e. The Hall–Kier alpha value is -2.14. The molecule has 1 heterocycles. The van der Waals surface area contributed by atoms with E-state index in [2.05, 4.69) is 10.3 Å². The highest BCUT2D eigenvalue weighted by Gasteiger charge is 2.25. The molecule has 1 saturated carbocycles. The monoisotopic (exact) mass is 285 g/mol. The van der Waals surface area contributed by atoms with Gasteiger partial charge in [-0.1, -0.05) is 6.42 Å². The zero-order chi connectivity index (χ0) is 14.8. The van der Waals surface area contributed by atoms with Crippen LogP contribution in [0.5, 0.6) is 0 Å². The van der Waals surface area contributed by atoms with Gasteiger partial charge in [-0.05, 0) is 48.9 Å². The first-order valence-electron chi connectivity index (χ1n) is 7.31. The molecule has 1 amide bonds. The number of fused-ring (bicyclic) bond motifs is 1. The van der Waals surface area contributed by atoms with Crippen LogP contribution in [0.4, 0.5) is 5.69 Å². The van der Waals surface area contributed by atoms with E-state index >= 15 is 0 Å². The molecule has 0 radical (unpaired) electrons. The summed E-state index contributed by atoms with van der Waals surface area (Å²) in [4.78, 5) is 26.6. The molecule has 1 fully saturated rings. The Morgan fingerprint density at radius 1 is 1.29 bits per heavy atom. The molecule has 3 rings (SSSR count). The Morgan fingerprint density at radius 2 is 2.14 bits per heavy atom. The molecule has 0 bridgehead atoms. The topological polar surface area (TPSA) is 88.0 Å². The van der Waals surface area contributed by atoms with E-state index in [1.54, 1.807) is 18.3 Å². The van der Waals surface area contributed by atoms with Crippen molar-refractivity contribution in [2.24, 2.45) is 11.7 Å². The van der Waals surface area contributed by atoms with Gasteiger partial charge in [-0.25, -0.2) is 0 Å². The van der Waals surface area contributed by atoms with Crippen LogP contribution in [0.15, 0.2) is 35.3 Å². The molecule has 0 unspecified atom stereocenters. The van der Waals surface area contributed by atoms with Crippen molar-refractivity contribution in [3.63, 3.8) is 0 Å². The number of aromatic nitrogens is 1. The van der Waals surface area contributed by atoms with E-state index in [1.807, 2.05) is 12.1 Å². The van der Waals surface area contributed by atoms with Crippen LogP contribution in [0.3, 0.4) is 0 Å². The molecule has 21 heavy (non-hydrogen) atoms. The average molecular weight is 285 g/mol. The van der Waals surface area contributed by atoms with E-state index in [0.29, 0.717) is 5.39 Å². The number of hydrogen-bond donors (Lipinski definition) is 3. The van der Waals surface area contributed by atoms with Crippen molar-refractivity contribution in [2.75, 3.05) is 5.32 Å². The number of benzene rings is 1. The van der Waals surface area contributed by atoms with Crippen LogP contribution in [-0.4, -0.2) is 16.9 Å². The van der Waals surface area contributed by atoms with Crippen molar-refractivity contribution in [3.05, 3.63) is 40.8 Å². The minimum atomic E-state index is -0.122. The van der Waals surface area contributed by atoms with Crippen LogP contribution in [0, 0.1) is 5.92 Å². The zero-order valence-electron chi connectivity index (χ0n) is 11.8. The summed E-state index contributed by atoms with van der Waals surface area (Å²) in [6, 6.07) is 7.27. The van der Waals surface area contributed by atoms with Crippen molar-refractivity contribution in [1.82, 2.24) is 4.98 Å². The van der Waals surface area contributed by atoms with Crippen molar-refractivity contribution in [1.29, 1.82) is 0 Å². The second kappa shape index (κ2) is 5.69. The van der Waals surface area contributed by atoms with Gasteiger partial charge in [-0.2, -0.15) is 0 Å². The summed E-state index contributed by atoms with van der Waals surface area (Å²) in [5.41, 5.74) is 6.53. The molecule has 1 aliphatic rings. The minimum absolute atomic E-state index is 0.0105. The fourth-order valence-electron chi connectivity index (χ4n) is 2.98. The second-order valence-electron chi connectivity index (χ2n) is 5.72. The Labute approximate surface area is 122 Å². The molecule has 110 valence electrons. The van der Waals surface area contributed by atoms with Crippen molar-refractivity contribution in [3.8, 4) is 0 Å². The van der Waals surface area contributed by atoms with E-state index < -0.39 is 0 Å². The summed E-state index contributed by atoms with van der Waals surface area (Å²) in [6.07, 6.45) is 5.26. The van der Waals surface area contributed by atoms with E-state index in [0.717, 1.165) is 36.8 Å². The van der Waals surface area contributed by atoms with Gasteiger partial charge in [0.05, 0.1) is 0 Å². The SMILES string of the molecule is N[C@@H]1CCC[C@H](C(=O)Nc2ccc3c(=O)[nH]ccc3c2)C1. The minimum Gasteiger partial charge on any atom is -0.329 e. The fourth-order valence-corrected chi connectivity index (χ4v) is 2.98. The first kappa shape index (κ1) is 13.8. The summed E-state index contributed by atoms with van der Waals surface area (Å²) in [6.45, 7) is 0. The molecular weight excluding hydrogens is 266 g/mol. The normalized spacial score (nSPS) is 22.1. The molecule has 1 aromatic carbocycles. The molecular formula is C16H19N3O2. The lowest BCUT2D eigenvalue weighted by molar-refractivity contribution is -0.120. The number of hydrogen-bond acceptors (Lipinski definition) is 3. The lowest BCUT2D eigenvalue weighted by atomic mass is 9.85. The molecule has 4 N–H and O–H groups in total. The van der Waals surface area contributed by atoms with Crippen LogP contribution >= 0.6 is 0 Å². The predicted molar refractivity (Wildman–Crippen MR) is 83.1 cm³/mol. The molecule has 2 atom stereocenters. The summed E-state index contributed by atoms with van der Waals surface area (Å²) in [5, 5.41) is 4.37. The van der Waals surface area contributed by atoms with E-state index in [4.69, 9.17) is 5.73 Å². The van der Waals surface area contributed by atoms with Crippen molar-refractivity contribution >= 4 is 22.4 Å². The first-order valence-corrected chi connectivity index (χ1v) is 7.31. The van der Waals surface area contributed by atoms with Gasteiger partial charge < -0.3 is 16.0 Å². The second-order valence-corrected chi connectivity index (χ2v) is 5.72. The molecule has 5 nitrogen and oxygen atoms in total. The van der Waals surface area contributed by atoms with Gasteiger partial charge in [-0.15, -0.1) is 0 Å². The lowest BCUT2D eigenvalue weighted by Crippen LogP contribution is -2.34. The Balaban J connectivity index is 1.78. The zero-order valence-corrected chi connectivity index (χ0v) is 11.8. The summed E-state index contributed by atoms with van der Waals surface area (Å²) in [5.74, 6) is 0.0120. The Kier molecular flexibility index (Phi) is 3.75. The van der Waals surface area contributed by atoms with Crippen LogP contribution < -0.4 is 16.6 Å². The maximum Gasteiger partial charge on any atom is 0.255 e. The molecule has 2 aromatic rings. The van der Waals surface area contributed by atoms with Crippen LogP contribution in [0.1, 0.15) is 25.7 Å². The first-order chi connectivity index (χ1) is 10.1. The number of H-pyrrole nitrogens is 1. The number of nitrogens with one attached hydrogen (secondary N) is 2. The number of carbonyl (C=O) groups excluding carboxylic acids is 1. The van der Waals surface area contributed by atoms with Crippen LogP contribution in [-0.2, 0) is 4.79 Å². The number of carbonyl (C=O) groups is 1. The molecule has 1 aromatic heterocycles. The van der Waals surface area contributed by atoms with E-state index in [9.17, 15) is 9.59 Å². The number of pyridine rings is 1. The standard InChI is InChI=1S/C16H19N3O2/c17-12-3-1-2-11(8-12)15(20)19-13-4-5-14-10(9-13)6-7-18-16(14)21/h4-7,9,11-12H,1-3,8,17H2,(H,18,21)(H,19,20)/t11-,12+/m0/s1. The maximum atomic E-state index is 12.3. The van der Waals surface area contributed by atoms with Gasteiger partial charge in [0.1, 0.15) is 0 Å². The van der Waals surface area contributed by atoms with E-state index in [-0.39, 0.29) is 23.4 Å². The number of aromatic amines is 1. The highest BCUT2D eigenvalue weighted by Crippen LogP contribution is 2.25. The molecule has 5 heteroatoms. The van der Waals surface area contributed by atoms with Gasteiger partial charge in [-0.3, -0.25) is 9.59 Å². The third-order valence-corrected chi connectivity index (χ3v) is 4.13.